The molecule has 1 aromatic carbocycles. The molecule has 0 aliphatic carbocycles. The van der Waals surface area contributed by atoms with Crippen molar-refractivity contribution in [3.63, 3.8) is 0 Å². The molecule has 0 amide bonds. The molecule has 0 fully saturated rings. The van der Waals surface area contributed by atoms with E-state index >= 15 is 0 Å². The number of ether oxygens (including phenoxy) is 2. The molecule has 17 heavy (non-hydrogen) atoms. The van der Waals surface area contributed by atoms with E-state index in [9.17, 15) is 0 Å². The molecule has 96 valence electrons. The molecule has 2 N–H and O–H groups in total. The van der Waals surface area contributed by atoms with E-state index in [4.69, 9.17) is 15.2 Å². The molecule has 0 aromatic heterocycles. The third kappa shape index (κ3) is 5.06. The Labute approximate surface area is 103 Å². The molecule has 4 heteroatoms. The van der Waals surface area contributed by atoms with Gasteiger partial charge in [0, 0.05) is 27.3 Å². The highest BCUT2D eigenvalue weighted by Crippen LogP contribution is 2.20. The zero-order valence-corrected chi connectivity index (χ0v) is 10.7. The van der Waals surface area contributed by atoms with E-state index in [1.165, 1.54) is 0 Å². The second-order valence-electron chi connectivity index (χ2n) is 3.94. The summed E-state index contributed by atoms with van der Waals surface area (Å²) in [6, 6.07) is 7.89. The van der Waals surface area contributed by atoms with Gasteiger partial charge in [0.25, 0.3) is 0 Å². The highest BCUT2D eigenvalue weighted by molar-refractivity contribution is 5.66. The van der Waals surface area contributed by atoms with Crippen molar-refractivity contribution >= 4 is 11.4 Å². The lowest BCUT2D eigenvalue weighted by atomic mass is 10.2. The van der Waals surface area contributed by atoms with E-state index in [0.717, 1.165) is 30.9 Å². The standard InChI is InChI=1S/C13H22N2O2/c1-15(8-5-9-17-11-10-16-2)13-7-4-3-6-12(13)14/h3-4,6-7H,5,8-11,14H2,1-2H3. The average Bonchev–Trinajstić information content (AvgIpc) is 2.34. The van der Waals surface area contributed by atoms with Gasteiger partial charge in [-0.25, -0.2) is 0 Å². The van der Waals surface area contributed by atoms with Crippen molar-refractivity contribution < 1.29 is 9.47 Å². The van der Waals surface area contributed by atoms with E-state index in [1.807, 2.05) is 31.3 Å². The molecule has 1 aromatic rings. The summed E-state index contributed by atoms with van der Waals surface area (Å²) in [5.41, 5.74) is 7.79. The van der Waals surface area contributed by atoms with Crippen molar-refractivity contribution in [1.82, 2.24) is 0 Å². The molecule has 0 saturated carbocycles. The Morgan fingerprint density at radius 3 is 2.65 bits per heavy atom. The van der Waals surface area contributed by atoms with Gasteiger partial charge >= 0.3 is 0 Å². The van der Waals surface area contributed by atoms with Crippen molar-refractivity contribution in [3.8, 4) is 0 Å². The molecule has 0 unspecified atom stereocenters. The molecule has 0 bridgehead atoms. The van der Waals surface area contributed by atoms with Gasteiger partial charge in [-0.1, -0.05) is 12.1 Å². The normalized spacial score (nSPS) is 10.5. The van der Waals surface area contributed by atoms with E-state index in [1.54, 1.807) is 7.11 Å². The van der Waals surface area contributed by atoms with Crippen LogP contribution >= 0.6 is 0 Å². The van der Waals surface area contributed by atoms with Crippen LogP contribution in [-0.2, 0) is 9.47 Å². The second-order valence-corrected chi connectivity index (χ2v) is 3.94. The lowest BCUT2D eigenvalue weighted by molar-refractivity contribution is 0.0701. The number of hydrogen-bond donors (Lipinski definition) is 1. The molecule has 0 saturated heterocycles. The van der Waals surface area contributed by atoms with Gasteiger partial charge in [-0.2, -0.15) is 0 Å². The zero-order chi connectivity index (χ0) is 12.5. The van der Waals surface area contributed by atoms with Crippen LogP contribution in [-0.4, -0.2) is 40.5 Å². The smallest absolute Gasteiger partial charge is 0.0700 e. The second kappa shape index (κ2) is 7.92. The van der Waals surface area contributed by atoms with Gasteiger partial charge in [-0.15, -0.1) is 0 Å². The summed E-state index contributed by atoms with van der Waals surface area (Å²) in [6.07, 6.45) is 0.981. The number of para-hydroxylation sites is 2. The highest BCUT2D eigenvalue weighted by Gasteiger charge is 2.03. The molecular formula is C13H22N2O2. The molecule has 0 heterocycles. The number of methoxy groups -OCH3 is 1. The van der Waals surface area contributed by atoms with Crippen molar-refractivity contribution in [2.75, 3.05) is 51.2 Å². The minimum Gasteiger partial charge on any atom is -0.397 e. The molecule has 0 aliphatic rings. The first kappa shape index (κ1) is 13.8. The first-order chi connectivity index (χ1) is 8.25. The molecule has 1 rings (SSSR count). The monoisotopic (exact) mass is 238 g/mol. The predicted octanol–water partition coefficient (Wildman–Crippen LogP) is 1.76. The van der Waals surface area contributed by atoms with Crippen LogP contribution in [0.15, 0.2) is 24.3 Å². The van der Waals surface area contributed by atoms with Crippen LogP contribution in [0.5, 0.6) is 0 Å². The average molecular weight is 238 g/mol. The minimum absolute atomic E-state index is 0.654. The maximum atomic E-state index is 5.90. The Morgan fingerprint density at radius 1 is 1.18 bits per heavy atom. The van der Waals surface area contributed by atoms with Crippen LogP contribution in [0.4, 0.5) is 11.4 Å². The fourth-order valence-electron chi connectivity index (χ4n) is 1.60. The van der Waals surface area contributed by atoms with Crippen LogP contribution in [0.1, 0.15) is 6.42 Å². The van der Waals surface area contributed by atoms with Crippen molar-refractivity contribution in [2.24, 2.45) is 0 Å². The fourth-order valence-corrected chi connectivity index (χ4v) is 1.60. The number of benzene rings is 1. The maximum absolute atomic E-state index is 5.90. The Bertz CT molecular complexity index is 318. The topological polar surface area (TPSA) is 47.7 Å². The maximum Gasteiger partial charge on any atom is 0.0700 e. The van der Waals surface area contributed by atoms with Crippen molar-refractivity contribution in [2.45, 2.75) is 6.42 Å². The van der Waals surface area contributed by atoms with Gasteiger partial charge < -0.3 is 20.1 Å². The summed E-state index contributed by atoms with van der Waals surface area (Å²) in [5.74, 6) is 0. The molecular weight excluding hydrogens is 216 g/mol. The summed E-state index contributed by atoms with van der Waals surface area (Å²) < 4.78 is 10.3. The zero-order valence-electron chi connectivity index (χ0n) is 10.7. The SMILES string of the molecule is COCCOCCCN(C)c1ccccc1N. The largest absolute Gasteiger partial charge is 0.397 e. The number of nitrogens with two attached hydrogens (primary N) is 1. The minimum atomic E-state index is 0.654. The number of rotatable bonds is 8. The molecule has 0 radical (unpaired) electrons. The lowest BCUT2D eigenvalue weighted by Crippen LogP contribution is -2.21. The van der Waals surface area contributed by atoms with Gasteiger partial charge in [0.05, 0.1) is 24.6 Å². The van der Waals surface area contributed by atoms with E-state index in [-0.39, 0.29) is 0 Å². The summed E-state index contributed by atoms with van der Waals surface area (Å²) >= 11 is 0. The Kier molecular flexibility index (Phi) is 6.43. The number of nitrogen functional groups attached to an aromatic ring is 1. The van der Waals surface area contributed by atoms with Crippen LogP contribution in [0.3, 0.4) is 0 Å². The summed E-state index contributed by atoms with van der Waals surface area (Å²) in [5, 5.41) is 0. The number of hydrogen-bond acceptors (Lipinski definition) is 4. The highest BCUT2D eigenvalue weighted by atomic mass is 16.5. The van der Waals surface area contributed by atoms with Gasteiger partial charge in [-0.05, 0) is 18.6 Å². The first-order valence-corrected chi connectivity index (χ1v) is 5.88. The van der Waals surface area contributed by atoms with E-state index in [0.29, 0.717) is 13.2 Å². The summed E-state index contributed by atoms with van der Waals surface area (Å²) in [7, 11) is 3.72. The lowest BCUT2D eigenvalue weighted by Gasteiger charge is -2.20. The Morgan fingerprint density at radius 2 is 1.94 bits per heavy atom. The number of nitrogens with zero attached hydrogens (tertiary/aromatic N) is 1. The van der Waals surface area contributed by atoms with Gasteiger partial charge in [0.1, 0.15) is 0 Å². The first-order valence-electron chi connectivity index (χ1n) is 5.88. The predicted molar refractivity (Wildman–Crippen MR) is 71.4 cm³/mol. The van der Waals surface area contributed by atoms with Crippen molar-refractivity contribution in [3.05, 3.63) is 24.3 Å². The summed E-state index contributed by atoms with van der Waals surface area (Å²) in [6.45, 7) is 3.00. The van der Waals surface area contributed by atoms with Crippen LogP contribution in [0.2, 0.25) is 0 Å². The van der Waals surface area contributed by atoms with E-state index < -0.39 is 0 Å². The van der Waals surface area contributed by atoms with Crippen molar-refractivity contribution in [1.29, 1.82) is 0 Å². The number of anilines is 2. The van der Waals surface area contributed by atoms with Crippen LogP contribution in [0, 0.1) is 0 Å². The van der Waals surface area contributed by atoms with Gasteiger partial charge in [0.15, 0.2) is 0 Å². The Balaban J connectivity index is 2.21. The molecule has 0 aliphatic heterocycles. The summed E-state index contributed by atoms with van der Waals surface area (Å²) in [4.78, 5) is 2.15. The van der Waals surface area contributed by atoms with Gasteiger partial charge in [-0.3, -0.25) is 0 Å². The van der Waals surface area contributed by atoms with E-state index in [2.05, 4.69) is 4.90 Å². The van der Waals surface area contributed by atoms with Gasteiger partial charge in [0.2, 0.25) is 0 Å². The van der Waals surface area contributed by atoms with Crippen LogP contribution in [0.25, 0.3) is 0 Å². The molecule has 4 nitrogen and oxygen atoms in total. The Hall–Kier alpha value is -1.26. The van der Waals surface area contributed by atoms with Crippen LogP contribution < -0.4 is 10.6 Å². The quantitative estimate of drug-likeness (QED) is 0.554. The molecule has 0 spiro atoms. The fraction of sp³-hybridized carbons (Fsp3) is 0.538. The molecule has 0 atom stereocenters. The third-order valence-corrected chi connectivity index (χ3v) is 2.56. The third-order valence-electron chi connectivity index (χ3n) is 2.56.